The Hall–Kier alpha value is -2.98. The molecular formula is C20H13ClFN3. The van der Waals surface area contributed by atoms with E-state index in [0.29, 0.717) is 5.02 Å². The summed E-state index contributed by atoms with van der Waals surface area (Å²) < 4.78 is 15.3. The van der Waals surface area contributed by atoms with E-state index in [9.17, 15) is 4.39 Å². The van der Waals surface area contributed by atoms with Gasteiger partial charge in [0.15, 0.2) is 0 Å². The summed E-state index contributed by atoms with van der Waals surface area (Å²) in [5.74, 6) is -0.275. The first-order valence-corrected chi connectivity index (χ1v) is 8.10. The van der Waals surface area contributed by atoms with Crippen molar-refractivity contribution in [3.8, 4) is 28.2 Å². The normalized spacial score (nSPS) is 10.8. The van der Waals surface area contributed by atoms with E-state index in [2.05, 4.69) is 9.97 Å². The molecule has 4 rings (SSSR count). The first kappa shape index (κ1) is 15.5. The molecule has 2 aromatic heterocycles. The van der Waals surface area contributed by atoms with Gasteiger partial charge < -0.3 is 0 Å². The number of hydrogen-bond acceptors (Lipinski definition) is 2. The van der Waals surface area contributed by atoms with Crippen LogP contribution in [0.2, 0.25) is 5.02 Å². The van der Waals surface area contributed by atoms with Crippen LogP contribution in [0.5, 0.6) is 0 Å². The van der Waals surface area contributed by atoms with Gasteiger partial charge in [0, 0.05) is 34.2 Å². The average Bonchev–Trinajstić information content (AvgIpc) is 3.08. The maximum atomic E-state index is 13.3. The van der Waals surface area contributed by atoms with E-state index in [1.165, 1.54) is 12.1 Å². The monoisotopic (exact) mass is 349 g/mol. The smallest absolute Gasteiger partial charge is 0.123 e. The van der Waals surface area contributed by atoms with Gasteiger partial charge in [0.2, 0.25) is 0 Å². The van der Waals surface area contributed by atoms with E-state index in [4.69, 9.17) is 11.6 Å². The number of imidazole rings is 1. The number of pyridine rings is 1. The quantitative estimate of drug-likeness (QED) is 0.496. The summed E-state index contributed by atoms with van der Waals surface area (Å²) in [6.45, 7) is 0. The lowest BCUT2D eigenvalue weighted by atomic mass is 10.1. The molecule has 0 atom stereocenters. The van der Waals surface area contributed by atoms with Crippen LogP contribution in [0.15, 0.2) is 79.4 Å². The van der Waals surface area contributed by atoms with Crippen LogP contribution >= 0.6 is 11.6 Å². The predicted octanol–water partition coefficient (Wildman–Crippen LogP) is 5.39. The van der Waals surface area contributed by atoms with Gasteiger partial charge in [-0.15, -0.1) is 0 Å². The summed E-state index contributed by atoms with van der Waals surface area (Å²) in [4.78, 5) is 8.66. The van der Waals surface area contributed by atoms with Crippen LogP contribution in [0.25, 0.3) is 28.2 Å². The van der Waals surface area contributed by atoms with Gasteiger partial charge in [0.1, 0.15) is 12.1 Å². The Morgan fingerprint density at radius 3 is 2.36 bits per heavy atom. The molecule has 0 aliphatic carbocycles. The Kier molecular flexibility index (Phi) is 4.04. The van der Waals surface area contributed by atoms with Crippen molar-refractivity contribution in [2.45, 2.75) is 0 Å². The third-order valence-electron chi connectivity index (χ3n) is 3.93. The molecule has 25 heavy (non-hydrogen) atoms. The number of hydrogen-bond donors (Lipinski definition) is 0. The van der Waals surface area contributed by atoms with Crippen LogP contribution in [0.1, 0.15) is 0 Å². The third-order valence-corrected chi connectivity index (χ3v) is 4.16. The molecule has 0 spiro atoms. The van der Waals surface area contributed by atoms with Crippen molar-refractivity contribution >= 4 is 11.6 Å². The molecule has 0 saturated heterocycles. The maximum Gasteiger partial charge on any atom is 0.123 e. The first-order valence-electron chi connectivity index (χ1n) is 7.72. The molecule has 0 bridgehead atoms. The molecule has 0 radical (unpaired) electrons. The zero-order valence-corrected chi connectivity index (χ0v) is 13.9. The second kappa shape index (κ2) is 6.49. The van der Waals surface area contributed by atoms with Crippen molar-refractivity contribution in [3.05, 3.63) is 90.2 Å². The number of aromatic nitrogens is 3. The topological polar surface area (TPSA) is 30.7 Å². The summed E-state index contributed by atoms with van der Waals surface area (Å²) in [5, 5.41) is 0.648. The summed E-state index contributed by atoms with van der Waals surface area (Å²) in [6.07, 6.45) is 5.22. The molecule has 0 amide bonds. The fraction of sp³-hybridized carbons (Fsp3) is 0. The van der Waals surface area contributed by atoms with Gasteiger partial charge in [-0.2, -0.15) is 0 Å². The minimum atomic E-state index is -0.275. The molecular weight excluding hydrogens is 337 g/mol. The summed E-state index contributed by atoms with van der Waals surface area (Å²) in [5.41, 5.74) is 4.38. The molecule has 0 saturated carbocycles. The predicted molar refractivity (Wildman–Crippen MR) is 97.2 cm³/mol. The van der Waals surface area contributed by atoms with Crippen molar-refractivity contribution in [1.29, 1.82) is 0 Å². The van der Waals surface area contributed by atoms with Gasteiger partial charge in [-0.05, 0) is 54.6 Å². The molecule has 2 heterocycles. The van der Waals surface area contributed by atoms with E-state index in [1.54, 1.807) is 30.9 Å². The Bertz CT molecular complexity index is 1010. The highest BCUT2D eigenvalue weighted by atomic mass is 35.5. The maximum absolute atomic E-state index is 13.3. The molecule has 0 N–H and O–H groups in total. The fourth-order valence-corrected chi connectivity index (χ4v) is 2.96. The van der Waals surface area contributed by atoms with E-state index in [1.807, 2.05) is 41.0 Å². The Morgan fingerprint density at radius 2 is 1.64 bits per heavy atom. The van der Waals surface area contributed by atoms with Gasteiger partial charge in [-0.25, -0.2) is 9.37 Å². The van der Waals surface area contributed by atoms with E-state index >= 15 is 0 Å². The van der Waals surface area contributed by atoms with Crippen LogP contribution in [-0.4, -0.2) is 14.5 Å². The number of halogens is 2. The molecule has 0 aliphatic heterocycles. The second-order valence-electron chi connectivity index (χ2n) is 5.53. The van der Waals surface area contributed by atoms with E-state index in [-0.39, 0.29) is 5.82 Å². The molecule has 122 valence electrons. The standard InChI is InChI=1S/C20H13ClFN3/c21-16-2-1-3-18(12-16)25-13-24-19(14-4-6-17(22)7-5-14)20(25)15-8-10-23-11-9-15/h1-13H. The highest BCUT2D eigenvalue weighted by Gasteiger charge is 2.16. The van der Waals surface area contributed by atoms with Crippen molar-refractivity contribution in [3.63, 3.8) is 0 Å². The molecule has 2 aromatic carbocycles. The summed E-state index contributed by atoms with van der Waals surface area (Å²) in [6, 6.07) is 17.7. The van der Waals surface area contributed by atoms with Gasteiger partial charge in [-0.1, -0.05) is 17.7 Å². The van der Waals surface area contributed by atoms with Crippen molar-refractivity contribution in [2.75, 3.05) is 0 Å². The lowest BCUT2D eigenvalue weighted by molar-refractivity contribution is 0.628. The Balaban J connectivity index is 1.96. The van der Waals surface area contributed by atoms with Gasteiger partial charge >= 0.3 is 0 Å². The largest absolute Gasteiger partial charge is 0.298 e. The van der Waals surface area contributed by atoms with Crippen molar-refractivity contribution in [2.24, 2.45) is 0 Å². The molecule has 0 fully saturated rings. The van der Waals surface area contributed by atoms with Crippen LogP contribution in [-0.2, 0) is 0 Å². The lowest BCUT2D eigenvalue weighted by Crippen LogP contribution is -1.96. The second-order valence-corrected chi connectivity index (χ2v) is 5.97. The van der Waals surface area contributed by atoms with Gasteiger partial charge in [0.05, 0.1) is 11.4 Å². The van der Waals surface area contributed by atoms with Crippen molar-refractivity contribution in [1.82, 2.24) is 14.5 Å². The minimum absolute atomic E-state index is 0.275. The number of benzene rings is 2. The molecule has 4 aromatic rings. The first-order chi connectivity index (χ1) is 12.2. The average molecular weight is 350 g/mol. The summed E-state index contributed by atoms with van der Waals surface area (Å²) >= 11 is 6.15. The zero-order chi connectivity index (χ0) is 17.2. The molecule has 5 heteroatoms. The Morgan fingerprint density at radius 1 is 0.880 bits per heavy atom. The highest BCUT2D eigenvalue weighted by molar-refractivity contribution is 6.30. The van der Waals surface area contributed by atoms with Crippen LogP contribution < -0.4 is 0 Å². The molecule has 0 aliphatic rings. The molecule has 3 nitrogen and oxygen atoms in total. The van der Waals surface area contributed by atoms with Crippen LogP contribution in [0, 0.1) is 5.82 Å². The van der Waals surface area contributed by atoms with Crippen LogP contribution in [0.3, 0.4) is 0 Å². The number of nitrogens with zero attached hydrogens (tertiary/aromatic N) is 3. The SMILES string of the molecule is Fc1ccc(-c2ncn(-c3cccc(Cl)c3)c2-c2ccncc2)cc1. The molecule has 0 unspecified atom stereocenters. The van der Waals surface area contributed by atoms with Gasteiger partial charge in [-0.3, -0.25) is 9.55 Å². The van der Waals surface area contributed by atoms with E-state index < -0.39 is 0 Å². The zero-order valence-electron chi connectivity index (χ0n) is 13.1. The van der Waals surface area contributed by atoms with Gasteiger partial charge in [0.25, 0.3) is 0 Å². The number of rotatable bonds is 3. The van der Waals surface area contributed by atoms with E-state index in [0.717, 1.165) is 28.2 Å². The van der Waals surface area contributed by atoms with Crippen LogP contribution in [0.4, 0.5) is 4.39 Å². The Labute approximate surface area is 149 Å². The fourth-order valence-electron chi connectivity index (χ4n) is 2.77. The lowest BCUT2D eigenvalue weighted by Gasteiger charge is -2.11. The minimum Gasteiger partial charge on any atom is -0.298 e. The third kappa shape index (κ3) is 3.04. The highest BCUT2D eigenvalue weighted by Crippen LogP contribution is 2.33. The summed E-state index contributed by atoms with van der Waals surface area (Å²) in [7, 11) is 0. The van der Waals surface area contributed by atoms with Crippen molar-refractivity contribution < 1.29 is 4.39 Å².